The van der Waals surface area contributed by atoms with Crippen molar-refractivity contribution < 1.29 is 13.2 Å². The first-order valence-corrected chi connectivity index (χ1v) is 10.3. The van der Waals surface area contributed by atoms with Crippen LogP contribution in [-0.2, 0) is 21.2 Å². The van der Waals surface area contributed by atoms with Gasteiger partial charge in [0, 0.05) is 19.3 Å². The van der Waals surface area contributed by atoms with Crippen molar-refractivity contribution in [2.24, 2.45) is 4.40 Å². The molecule has 0 fully saturated rings. The van der Waals surface area contributed by atoms with Crippen molar-refractivity contribution in [2.75, 3.05) is 18.8 Å². The van der Waals surface area contributed by atoms with Gasteiger partial charge in [-0.1, -0.05) is 23.8 Å². The number of carbonyl (C=O) groups excluding carboxylic acids is 1. The summed E-state index contributed by atoms with van der Waals surface area (Å²) in [6.07, 6.45) is 6.62. The van der Waals surface area contributed by atoms with Crippen LogP contribution >= 0.6 is 0 Å². The molecule has 1 aromatic rings. The van der Waals surface area contributed by atoms with Crippen LogP contribution in [0.5, 0.6) is 0 Å². The molecule has 138 valence electrons. The van der Waals surface area contributed by atoms with Crippen LogP contribution in [0.25, 0.3) is 0 Å². The van der Waals surface area contributed by atoms with Gasteiger partial charge in [-0.3, -0.25) is 4.79 Å². The Labute approximate surface area is 154 Å². The molecule has 0 spiro atoms. The molecule has 7 heteroatoms. The van der Waals surface area contributed by atoms with Crippen LogP contribution < -0.4 is 5.32 Å². The zero-order valence-electron chi connectivity index (χ0n) is 15.0. The number of nitrogens with one attached hydrogen (secondary N) is 1. The zero-order chi connectivity index (χ0) is 18.7. The van der Waals surface area contributed by atoms with E-state index < -0.39 is 10.0 Å². The van der Waals surface area contributed by atoms with Crippen LogP contribution in [0, 0.1) is 13.8 Å². The number of benzene rings is 1. The van der Waals surface area contributed by atoms with Gasteiger partial charge < -0.3 is 10.2 Å². The highest BCUT2D eigenvalue weighted by molar-refractivity contribution is 7.90. The normalized spacial score (nSPS) is 18.0. The molecule has 0 radical (unpaired) electrons. The van der Waals surface area contributed by atoms with E-state index in [1.165, 1.54) is 16.7 Å². The maximum atomic E-state index is 12.3. The number of amidine groups is 1. The van der Waals surface area contributed by atoms with Gasteiger partial charge in [0.2, 0.25) is 0 Å². The third-order valence-electron chi connectivity index (χ3n) is 4.49. The lowest BCUT2D eigenvalue weighted by Crippen LogP contribution is -2.38. The van der Waals surface area contributed by atoms with E-state index in [1.54, 1.807) is 23.3 Å². The Morgan fingerprint density at radius 3 is 2.85 bits per heavy atom. The molecule has 1 amide bonds. The Bertz CT molecular complexity index is 914. The lowest BCUT2D eigenvalue weighted by molar-refractivity contribution is -0.117. The molecule has 0 aromatic heterocycles. The highest BCUT2D eigenvalue weighted by Crippen LogP contribution is 2.16. The van der Waals surface area contributed by atoms with E-state index in [9.17, 15) is 13.2 Å². The number of fused-ring (bicyclic) bond motifs is 1. The number of hydrogen-bond donors (Lipinski definition) is 1. The minimum absolute atomic E-state index is 0.0361. The minimum atomic E-state index is -3.38. The van der Waals surface area contributed by atoms with Crippen molar-refractivity contribution in [3.8, 4) is 0 Å². The minimum Gasteiger partial charge on any atom is -0.352 e. The Balaban J connectivity index is 1.52. The molecule has 0 aliphatic carbocycles. The van der Waals surface area contributed by atoms with E-state index in [0.717, 1.165) is 12.8 Å². The summed E-state index contributed by atoms with van der Waals surface area (Å²) in [7, 11) is -3.38. The van der Waals surface area contributed by atoms with E-state index in [-0.39, 0.29) is 11.7 Å². The molecule has 0 saturated carbocycles. The first-order valence-electron chi connectivity index (χ1n) is 8.67. The molecule has 0 atom stereocenters. The van der Waals surface area contributed by atoms with Gasteiger partial charge in [-0.05, 0) is 50.0 Å². The van der Waals surface area contributed by atoms with Crippen molar-refractivity contribution in [2.45, 2.75) is 26.7 Å². The Morgan fingerprint density at radius 2 is 2.08 bits per heavy atom. The summed E-state index contributed by atoms with van der Waals surface area (Å²) in [6, 6.07) is 6.42. The van der Waals surface area contributed by atoms with Crippen molar-refractivity contribution in [3.63, 3.8) is 0 Å². The van der Waals surface area contributed by atoms with Crippen molar-refractivity contribution in [1.82, 2.24) is 10.2 Å². The van der Waals surface area contributed by atoms with Gasteiger partial charge in [0.05, 0.1) is 11.3 Å². The molecule has 6 nitrogen and oxygen atoms in total. The molecule has 26 heavy (non-hydrogen) atoms. The van der Waals surface area contributed by atoms with Crippen LogP contribution in [0.15, 0.2) is 46.5 Å². The fraction of sp³-hybridized carbons (Fsp3) is 0.368. The number of amides is 1. The van der Waals surface area contributed by atoms with Crippen LogP contribution in [0.4, 0.5) is 0 Å². The average Bonchev–Trinajstić information content (AvgIpc) is 2.59. The molecule has 1 N–H and O–H groups in total. The Hall–Kier alpha value is -2.41. The van der Waals surface area contributed by atoms with Crippen LogP contribution in [0.3, 0.4) is 0 Å². The molecule has 2 aliphatic rings. The van der Waals surface area contributed by atoms with Gasteiger partial charge in [-0.25, -0.2) is 8.42 Å². The van der Waals surface area contributed by atoms with E-state index in [4.69, 9.17) is 0 Å². The third kappa shape index (κ3) is 4.40. The lowest BCUT2D eigenvalue weighted by atomic mass is 10.0. The molecule has 2 heterocycles. The summed E-state index contributed by atoms with van der Waals surface area (Å²) in [5.74, 6) is 0.169. The maximum absolute atomic E-state index is 12.3. The second-order valence-electron chi connectivity index (χ2n) is 6.64. The highest BCUT2D eigenvalue weighted by Gasteiger charge is 2.24. The molecule has 0 bridgehead atoms. The summed E-state index contributed by atoms with van der Waals surface area (Å²) < 4.78 is 26.7. The maximum Gasteiger partial charge on any atom is 0.256 e. The standard InChI is InChI=1S/C19H23N3O3S/c1-14-5-6-16(15(2)12-14)4-3-9-20-19(23)17-7-8-18-21-26(24,25)11-10-22(18)13-17/h5-8,12-13H,3-4,9-11H2,1-2H3,(H,20,23). The fourth-order valence-corrected chi connectivity index (χ4v) is 4.01. The quantitative estimate of drug-likeness (QED) is 0.799. The van der Waals surface area contributed by atoms with Gasteiger partial charge in [-0.2, -0.15) is 0 Å². The van der Waals surface area contributed by atoms with Crippen LogP contribution in [0.2, 0.25) is 0 Å². The summed E-state index contributed by atoms with van der Waals surface area (Å²) in [5.41, 5.74) is 4.34. The first kappa shape index (κ1) is 18.4. The number of aryl methyl sites for hydroxylation is 3. The largest absolute Gasteiger partial charge is 0.352 e. The second-order valence-corrected chi connectivity index (χ2v) is 8.39. The van der Waals surface area contributed by atoms with E-state index in [1.807, 2.05) is 0 Å². The molecule has 3 rings (SSSR count). The second kappa shape index (κ2) is 7.45. The molecule has 0 saturated heterocycles. The molecule has 0 unspecified atom stereocenters. The predicted molar refractivity (Wildman–Crippen MR) is 102 cm³/mol. The number of carbonyl (C=O) groups is 1. The number of hydrogen-bond acceptors (Lipinski definition) is 4. The molecule has 1 aromatic carbocycles. The monoisotopic (exact) mass is 373 g/mol. The van der Waals surface area contributed by atoms with Crippen molar-refractivity contribution >= 4 is 21.8 Å². The number of sulfonamides is 1. The average molecular weight is 373 g/mol. The Kier molecular flexibility index (Phi) is 5.27. The van der Waals surface area contributed by atoms with Gasteiger partial charge in [0.1, 0.15) is 5.84 Å². The van der Waals surface area contributed by atoms with Crippen LogP contribution in [-0.4, -0.2) is 43.9 Å². The van der Waals surface area contributed by atoms with E-state index in [0.29, 0.717) is 24.5 Å². The summed E-state index contributed by atoms with van der Waals surface area (Å²) in [6.45, 7) is 5.09. The molecular formula is C19H23N3O3S. The number of rotatable bonds is 5. The van der Waals surface area contributed by atoms with E-state index in [2.05, 4.69) is 41.8 Å². The zero-order valence-corrected chi connectivity index (χ0v) is 15.8. The smallest absolute Gasteiger partial charge is 0.256 e. The topological polar surface area (TPSA) is 78.8 Å². The number of nitrogens with zero attached hydrogens (tertiary/aromatic N) is 2. The van der Waals surface area contributed by atoms with E-state index >= 15 is 0 Å². The van der Waals surface area contributed by atoms with Gasteiger partial charge in [0.25, 0.3) is 15.9 Å². The first-order chi connectivity index (χ1) is 12.3. The summed E-state index contributed by atoms with van der Waals surface area (Å²) in [5, 5.41) is 2.92. The van der Waals surface area contributed by atoms with Gasteiger partial charge in [0.15, 0.2) is 0 Å². The fourth-order valence-electron chi connectivity index (χ4n) is 3.04. The third-order valence-corrected chi connectivity index (χ3v) is 5.66. The lowest BCUT2D eigenvalue weighted by Gasteiger charge is -2.26. The molecular weight excluding hydrogens is 350 g/mol. The van der Waals surface area contributed by atoms with Gasteiger partial charge in [-0.15, -0.1) is 4.40 Å². The van der Waals surface area contributed by atoms with Crippen LogP contribution in [0.1, 0.15) is 23.1 Å². The predicted octanol–water partition coefficient (Wildman–Crippen LogP) is 1.85. The van der Waals surface area contributed by atoms with Crippen molar-refractivity contribution in [3.05, 3.63) is 58.8 Å². The summed E-state index contributed by atoms with van der Waals surface area (Å²) in [4.78, 5) is 14.0. The SMILES string of the molecule is Cc1ccc(CCCNC(=O)C2=CN3CCS(=O)(=O)N=C3C=C2)c(C)c1. The van der Waals surface area contributed by atoms with Crippen molar-refractivity contribution in [1.29, 1.82) is 0 Å². The summed E-state index contributed by atoms with van der Waals surface area (Å²) >= 11 is 0. The van der Waals surface area contributed by atoms with Gasteiger partial charge >= 0.3 is 0 Å². The Morgan fingerprint density at radius 1 is 1.27 bits per heavy atom. The molecule has 2 aliphatic heterocycles. The highest BCUT2D eigenvalue weighted by atomic mass is 32.2.